The van der Waals surface area contributed by atoms with Crippen LogP contribution in [0.4, 0.5) is 0 Å². The third-order valence-corrected chi connectivity index (χ3v) is 2.21. The van der Waals surface area contributed by atoms with E-state index in [1.165, 1.54) is 11.1 Å². The largest absolute Gasteiger partial charge is 0.313 e. The summed E-state index contributed by atoms with van der Waals surface area (Å²) in [5, 5.41) is 4.45. The second kappa shape index (κ2) is 7.39. The molecule has 1 rings (SSSR count). The molecule has 0 aliphatic carbocycles. The number of rotatable bonds is 1. The predicted molar refractivity (Wildman–Crippen MR) is 64.2 cm³/mol. The molecule has 1 N–H and O–H groups in total. The van der Waals surface area contributed by atoms with E-state index in [9.17, 15) is 0 Å². The molecule has 0 saturated carbocycles. The standard InChI is InChI=1S/C8H9Cl.C3H8N2/c1-6-4-3-5-8(9)7(6)2;1-3-5-4-2/h3-5H,1-2H3;3-4H,1-2H3/b;5-3-. The minimum Gasteiger partial charge on any atom is -0.313 e. The quantitative estimate of drug-likeness (QED) is 0.561. The molecule has 0 fully saturated rings. The Labute approximate surface area is 91.0 Å². The number of hydrogen-bond acceptors (Lipinski definition) is 2. The van der Waals surface area contributed by atoms with Crippen molar-refractivity contribution in [2.75, 3.05) is 7.05 Å². The molecule has 0 saturated heterocycles. The molecule has 3 heteroatoms. The van der Waals surface area contributed by atoms with Crippen LogP contribution in [-0.4, -0.2) is 13.3 Å². The summed E-state index contributed by atoms with van der Waals surface area (Å²) < 4.78 is 0. The molecule has 14 heavy (non-hydrogen) atoms. The van der Waals surface area contributed by atoms with Gasteiger partial charge in [-0.2, -0.15) is 5.10 Å². The van der Waals surface area contributed by atoms with E-state index in [0.717, 1.165) is 5.02 Å². The zero-order valence-electron chi connectivity index (χ0n) is 9.13. The van der Waals surface area contributed by atoms with Gasteiger partial charge in [-0.3, -0.25) is 0 Å². The van der Waals surface area contributed by atoms with Gasteiger partial charge in [0.2, 0.25) is 0 Å². The van der Waals surface area contributed by atoms with E-state index in [1.807, 2.05) is 26.0 Å². The van der Waals surface area contributed by atoms with Crippen LogP contribution in [0.15, 0.2) is 23.3 Å². The Balaban J connectivity index is 0.000000292. The fraction of sp³-hybridized carbons (Fsp3) is 0.364. The van der Waals surface area contributed by atoms with Gasteiger partial charge in [-0.25, -0.2) is 0 Å². The van der Waals surface area contributed by atoms with E-state index in [4.69, 9.17) is 11.6 Å². The summed E-state index contributed by atoms with van der Waals surface area (Å²) in [5.41, 5.74) is 5.02. The Morgan fingerprint density at radius 1 is 1.36 bits per heavy atom. The first-order valence-electron chi connectivity index (χ1n) is 4.49. The zero-order chi connectivity index (χ0) is 11.0. The Hall–Kier alpha value is -1.02. The fourth-order valence-electron chi connectivity index (χ4n) is 0.844. The number of aryl methyl sites for hydroxylation is 1. The maximum Gasteiger partial charge on any atom is 0.0437 e. The van der Waals surface area contributed by atoms with Gasteiger partial charge in [-0.1, -0.05) is 23.7 Å². The van der Waals surface area contributed by atoms with Gasteiger partial charge in [-0.15, -0.1) is 0 Å². The Kier molecular flexibility index (Phi) is 6.85. The van der Waals surface area contributed by atoms with Crippen LogP contribution >= 0.6 is 11.6 Å². The van der Waals surface area contributed by atoms with Crippen LogP contribution in [0.3, 0.4) is 0 Å². The maximum atomic E-state index is 5.81. The van der Waals surface area contributed by atoms with Crippen molar-refractivity contribution in [2.24, 2.45) is 5.10 Å². The number of nitrogens with zero attached hydrogens (tertiary/aromatic N) is 1. The summed E-state index contributed by atoms with van der Waals surface area (Å²) in [7, 11) is 1.76. The molecule has 0 atom stereocenters. The highest BCUT2D eigenvalue weighted by Crippen LogP contribution is 2.16. The van der Waals surface area contributed by atoms with Gasteiger partial charge >= 0.3 is 0 Å². The van der Waals surface area contributed by atoms with E-state index >= 15 is 0 Å². The first-order chi connectivity index (χ1) is 6.63. The van der Waals surface area contributed by atoms with Gasteiger partial charge in [0.25, 0.3) is 0 Å². The van der Waals surface area contributed by atoms with Crippen molar-refractivity contribution in [1.29, 1.82) is 0 Å². The summed E-state index contributed by atoms with van der Waals surface area (Å²) in [6, 6.07) is 5.93. The van der Waals surface area contributed by atoms with Crippen molar-refractivity contribution in [1.82, 2.24) is 5.43 Å². The average Bonchev–Trinajstić information content (AvgIpc) is 2.16. The molecular weight excluding hydrogens is 196 g/mol. The molecule has 1 aromatic rings. The lowest BCUT2D eigenvalue weighted by atomic mass is 10.1. The first-order valence-corrected chi connectivity index (χ1v) is 4.87. The number of nitrogens with one attached hydrogen (secondary N) is 1. The van der Waals surface area contributed by atoms with E-state index in [2.05, 4.69) is 23.5 Å². The van der Waals surface area contributed by atoms with Gasteiger partial charge in [-0.05, 0) is 38.0 Å². The Bertz CT molecular complexity index is 275. The van der Waals surface area contributed by atoms with Crippen molar-refractivity contribution in [2.45, 2.75) is 20.8 Å². The normalized spacial score (nSPS) is 9.50. The molecule has 0 heterocycles. The molecule has 0 aromatic heterocycles. The van der Waals surface area contributed by atoms with Crippen molar-refractivity contribution < 1.29 is 0 Å². The molecule has 0 aliphatic rings. The predicted octanol–water partition coefficient (Wildman–Crippen LogP) is 3.17. The van der Waals surface area contributed by atoms with Crippen LogP contribution in [0.2, 0.25) is 5.02 Å². The fourth-order valence-corrected chi connectivity index (χ4v) is 1.07. The van der Waals surface area contributed by atoms with Gasteiger partial charge in [0.1, 0.15) is 0 Å². The van der Waals surface area contributed by atoms with Crippen LogP contribution in [-0.2, 0) is 0 Å². The monoisotopic (exact) mass is 212 g/mol. The van der Waals surface area contributed by atoms with E-state index < -0.39 is 0 Å². The minimum absolute atomic E-state index is 0.856. The summed E-state index contributed by atoms with van der Waals surface area (Å²) >= 11 is 5.81. The van der Waals surface area contributed by atoms with Crippen LogP contribution in [0, 0.1) is 13.8 Å². The summed E-state index contributed by atoms with van der Waals surface area (Å²) in [5.74, 6) is 0. The molecule has 2 nitrogen and oxygen atoms in total. The van der Waals surface area contributed by atoms with E-state index in [-0.39, 0.29) is 0 Å². The molecule has 78 valence electrons. The molecule has 0 unspecified atom stereocenters. The third kappa shape index (κ3) is 4.87. The molecular formula is C11H17ClN2. The molecule has 0 radical (unpaired) electrons. The van der Waals surface area contributed by atoms with Crippen LogP contribution < -0.4 is 5.43 Å². The first kappa shape index (κ1) is 13.0. The maximum absolute atomic E-state index is 5.81. The SMILES string of the molecule is C/C=N\NC.Cc1cccc(Cl)c1C. The highest BCUT2D eigenvalue weighted by atomic mass is 35.5. The lowest BCUT2D eigenvalue weighted by Gasteiger charge is -1.98. The van der Waals surface area contributed by atoms with Crippen molar-refractivity contribution >= 4 is 17.8 Å². The Morgan fingerprint density at radius 2 is 2.00 bits per heavy atom. The van der Waals surface area contributed by atoms with Gasteiger partial charge in [0.05, 0.1) is 0 Å². The minimum atomic E-state index is 0.856. The zero-order valence-corrected chi connectivity index (χ0v) is 9.89. The molecule has 1 aromatic carbocycles. The Morgan fingerprint density at radius 3 is 2.29 bits per heavy atom. The molecule has 0 amide bonds. The molecule has 0 bridgehead atoms. The van der Waals surface area contributed by atoms with Crippen molar-refractivity contribution in [3.8, 4) is 0 Å². The smallest absolute Gasteiger partial charge is 0.0437 e. The molecule has 0 aliphatic heterocycles. The van der Waals surface area contributed by atoms with Crippen molar-refractivity contribution in [3.63, 3.8) is 0 Å². The van der Waals surface area contributed by atoms with Crippen LogP contribution in [0.5, 0.6) is 0 Å². The second-order valence-corrected chi connectivity index (χ2v) is 3.20. The van der Waals surface area contributed by atoms with Gasteiger partial charge in [0, 0.05) is 18.3 Å². The lowest BCUT2D eigenvalue weighted by molar-refractivity contribution is 0.906. The lowest BCUT2D eigenvalue weighted by Crippen LogP contribution is -1.90. The number of halogens is 1. The topological polar surface area (TPSA) is 24.4 Å². The third-order valence-electron chi connectivity index (χ3n) is 1.80. The number of hydrazone groups is 1. The van der Waals surface area contributed by atoms with Gasteiger partial charge in [0.15, 0.2) is 0 Å². The summed E-state index contributed by atoms with van der Waals surface area (Å²) in [6.07, 6.45) is 1.69. The highest BCUT2D eigenvalue weighted by molar-refractivity contribution is 6.31. The van der Waals surface area contributed by atoms with Crippen LogP contribution in [0.25, 0.3) is 0 Å². The second-order valence-electron chi connectivity index (χ2n) is 2.79. The van der Waals surface area contributed by atoms with E-state index in [1.54, 1.807) is 13.3 Å². The number of benzene rings is 1. The highest BCUT2D eigenvalue weighted by Gasteiger charge is 1.93. The molecule has 0 spiro atoms. The average molecular weight is 213 g/mol. The summed E-state index contributed by atoms with van der Waals surface area (Å²) in [6.45, 7) is 5.94. The number of hydrogen-bond donors (Lipinski definition) is 1. The van der Waals surface area contributed by atoms with Crippen molar-refractivity contribution in [3.05, 3.63) is 34.3 Å². The van der Waals surface area contributed by atoms with Gasteiger partial charge < -0.3 is 5.43 Å². The van der Waals surface area contributed by atoms with E-state index in [0.29, 0.717) is 0 Å². The summed E-state index contributed by atoms with van der Waals surface area (Å²) in [4.78, 5) is 0. The van der Waals surface area contributed by atoms with Crippen LogP contribution in [0.1, 0.15) is 18.1 Å².